The Labute approximate surface area is 140 Å². The summed E-state index contributed by atoms with van der Waals surface area (Å²) in [7, 11) is 1.85. The van der Waals surface area contributed by atoms with Gasteiger partial charge in [-0.3, -0.25) is 0 Å². The van der Waals surface area contributed by atoms with Crippen molar-refractivity contribution in [1.29, 1.82) is 0 Å². The van der Waals surface area contributed by atoms with E-state index in [2.05, 4.69) is 20.6 Å². The van der Waals surface area contributed by atoms with Crippen LogP contribution in [0.3, 0.4) is 0 Å². The molecule has 0 aliphatic rings. The number of hydrogen-bond donors (Lipinski definition) is 3. The molecule has 0 aliphatic heterocycles. The number of hydrogen-bond acceptors (Lipinski definition) is 7. The number of aromatic carboxylic acids is 1. The lowest BCUT2D eigenvalue weighted by molar-refractivity contribution is 0.0697. The van der Waals surface area contributed by atoms with E-state index < -0.39 is 5.97 Å². The number of carboxylic acids is 1. The molecule has 2 aromatic heterocycles. The molecule has 0 saturated heterocycles. The Hall–Kier alpha value is -2.45. The molecule has 3 rings (SSSR count). The van der Waals surface area contributed by atoms with E-state index in [1.54, 1.807) is 35.6 Å². The molecule has 0 spiro atoms. The first-order valence-electron chi connectivity index (χ1n) is 6.78. The van der Waals surface area contributed by atoms with E-state index in [9.17, 15) is 4.79 Å². The van der Waals surface area contributed by atoms with Crippen LogP contribution in [0.1, 0.15) is 16.1 Å². The van der Waals surface area contributed by atoms with Crippen LogP contribution in [0, 0.1) is 6.92 Å². The lowest BCUT2D eigenvalue weighted by Crippen LogP contribution is -1.96. The quantitative estimate of drug-likeness (QED) is 0.646. The summed E-state index contributed by atoms with van der Waals surface area (Å²) in [5.74, 6) is -0.936. The highest BCUT2D eigenvalue weighted by molar-refractivity contribution is 7.25. The molecule has 0 radical (unpaired) electrons. The molecule has 0 fully saturated rings. The molecule has 23 heavy (non-hydrogen) atoms. The third-order valence-corrected chi connectivity index (χ3v) is 5.39. The molecule has 3 N–H and O–H groups in total. The van der Waals surface area contributed by atoms with Crippen LogP contribution in [0.4, 0.5) is 16.0 Å². The van der Waals surface area contributed by atoms with Crippen molar-refractivity contribution in [2.45, 2.75) is 6.92 Å². The maximum absolute atomic E-state index is 10.8. The summed E-state index contributed by atoms with van der Waals surface area (Å²) in [4.78, 5) is 21.8. The minimum atomic E-state index is -0.936. The molecule has 3 aromatic rings. The summed E-state index contributed by atoms with van der Waals surface area (Å²) < 4.78 is 0. The van der Waals surface area contributed by atoms with Crippen molar-refractivity contribution in [3.05, 3.63) is 41.7 Å². The van der Waals surface area contributed by atoms with Gasteiger partial charge in [-0.05, 0) is 31.2 Å². The Bertz CT molecular complexity index is 840. The monoisotopic (exact) mass is 346 g/mol. The van der Waals surface area contributed by atoms with Gasteiger partial charge in [0.25, 0.3) is 0 Å². The standard InChI is InChI=1S/C15H14N4O2S2/c1-8-12(23-14(16-2)18-8)11-7-17-15(22-11)19-10-5-3-9(4-6-10)13(20)21/h3-7H,1-2H3,(H,16,18)(H,17,19)(H,20,21). The number of nitrogens with zero attached hydrogens (tertiary/aromatic N) is 2. The predicted octanol–water partition coefficient (Wildman–Crippen LogP) is 4.06. The van der Waals surface area contributed by atoms with E-state index in [0.29, 0.717) is 0 Å². The Morgan fingerprint density at radius 2 is 1.91 bits per heavy atom. The first-order valence-corrected chi connectivity index (χ1v) is 8.42. The second-order valence-corrected chi connectivity index (χ2v) is 6.75. The van der Waals surface area contributed by atoms with E-state index in [1.807, 2.05) is 20.2 Å². The number of aryl methyl sites for hydroxylation is 1. The molecule has 0 unspecified atom stereocenters. The largest absolute Gasteiger partial charge is 0.478 e. The highest BCUT2D eigenvalue weighted by Gasteiger charge is 2.12. The Morgan fingerprint density at radius 3 is 2.52 bits per heavy atom. The summed E-state index contributed by atoms with van der Waals surface area (Å²) >= 11 is 3.13. The van der Waals surface area contributed by atoms with Crippen LogP contribution in [0.5, 0.6) is 0 Å². The molecule has 118 valence electrons. The van der Waals surface area contributed by atoms with Crippen molar-refractivity contribution in [2.24, 2.45) is 0 Å². The molecule has 6 nitrogen and oxygen atoms in total. The lowest BCUT2D eigenvalue weighted by Gasteiger charge is -2.02. The summed E-state index contributed by atoms with van der Waals surface area (Å²) in [5, 5.41) is 16.8. The normalized spacial score (nSPS) is 10.5. The average molecular weight is 346 g/mol. The number of aromatic nitrogens is 2. The second-order valence-electron chi connectivity index (χ2n) is 4.72. The van der Waals surface area contributed by atoms with Crippen molar-refractivity contribution in [3.63, 3.8) is 0 Å². The predicted molar refractivity (Wildman–Crippen MR) is 94.2 cm³/mol. The van der Waals surface area contributed by atoms with Crippen LogP contribution < -0.4 is 10.6 Å². The summed E-state index contributed by atoms with van der Waals surface area (Å²) in [6.45, 7) is 1.98. The van der Waals surface area contributed by atoms with Crippen LogP contribution >= 0.6 is 22.7 Å². The Balaban J connectivity index is 1.79. The minimum absolute atomic E-state index is 0.259. The summed E-state index contributed by atoms with van der Waals surface area (Å²) in [5.41, 5.74) is 2.03. The topological polar surface area (TPSA) is 87.1 Å². The van der Waals surface area contributed by atoms with Gasteiger partial charge in [-0.2, -0.15) is 0 Å². The second kappa shape index (κ2) is 6.35. The number of nitrogens with one attached hydrogen (secondary N) is 2. The SMILES string of the molecule is CNc1nc(C)c(-c2cnc(Nc3ccc(C(=O)O)cc3)s2)s1. The molecule has 8 heteroatoms. The highest BCUT2D eigenvalue weighted by atomic mass is 32.1. The summed E-state index contributed by atoms with van der Waals surface area (Å²) in [6.07, 6.45) is 1.82. The highest BCUT2D eigenvalue weighted by Crippen LogP contribution is 2.37. The maximum atomic E-state index is 10.8. The molecular weight excluding hydrogens is 332 g/mol. The van der Waals surface area contributed by atoms with Crippen molar-refractivity contribution in [3.8, 4) is 9.75 Å². The number of thiazole rings is 2. The van der Waals surface area contributed by atoms with Gasteiger partial charge in [0.15, 0.2) is 10.3 Å². The fraction of sp³-hybridized carbons (Fsp3) is 0.133. The number of anilines is 3. The van der Waals surface area contributed by atoms with Gasteiger partial charge in [0.2, 0.25) is 0 Å². The van der Waals surface area contributed by atoms with Crippen LogP contribution in [0.15, 0.2) is 30.5 Å². The van der Waals surface area contributed by atoms with Crippen molar-refractivity contribution in [1.82, 2.24) is 9.97 Å². The smallest absolute Gasteiger partial charge is 0.335 e. The minimum Gasteiger partial charge on any atom is -0.478 e. The zero-order valence-corrected chi connectivity index (χ0v) is 14.1. The number of carbonyl (C=O) groups is 1. The molecule has 1 aromatic carbocycles. The van der Waals surface area contributed by atoms with E-state index >= 15 is 0 Å². The van der Waals surface area contributed by atoms with E-state index in [4.69, 9.17) is 5.11 Å². The Kier molecular flexibility index (Phi) is 4.26. The van der Waals surface area contributed by atoms with Gasteiger partial charge in [-0.25, -0.2) is 14.8 Å². The van der Waals surface area contributed by atoms with Crippen LogP contribution in [0.25, 0.3) is 9.75 Å². The number of carboxylic acid groups (broad SMARTS) is 1. The number of benzene rings is 1. The van der Waals surface area contributed by atoms with Gasteiger partial charge in [-0.15, -0.1) is 0 Å². The van der Waals surface area contributed by atoms with E-state index in [1.165, 1.54) is 11.3 Å². The van der Waals surface area contributed by atoms with Gasteiger partial charge < -0.3 is 15.7 Å². The third-order valence-electron chi connectivity index (χ3n) is 3.12. The Morgan fingerprint density at radius 1 is 1.17 bits per heavy atom. The van der Waals surface area contributed by atoms with Crippen molar-refractivity contribution < 1.29 is 9.90 Å². The van der Waals surface area contributed by atoms with E-state index in [0.717, 1.165) is 31.4 Å². The van der Waals surface area contributed by atoms with Crippen molar-refractivity contribution in [2.75, 3.05) is 17.7 Å². The van der Waals surface area contributed by atoms with Gasteiger partial charge in [0.1, 0.15) is 0 Å². The lowest BCUT2D eigenvalue weighted by atomic mass is 10.2. The van der Waals surface area contributed by atoms with E-state index in [-0.39, 0.29) is 5.56 Å². The van der Waals surface area contributed by atoms with Crippen LogP contribution in [-0.2, 0) is 0 Å². The number of rotatable bonds is 5. The van der Waals surface area contributed by atoms with Gasteiger partial charge in [0.05, 0.1) is 21.0 Å². The fourth-order valence-electron chi connectivity index (χ4n) is 1.99. The average Bonchev–Trinajstić information content (AvgIpc) is 3.14. The molecule has 2 heterocycles. The summed E-state index contributed by atoms with van der Waals surface area (Å²) in [6, 6.07) is 6.57. The molecule has 0 atom stereocenters. The molecular formula is C15H14N4O2S2. The maximum Gasteiger partial charge on any atom is 0.335 e. The molecule has 0 aliphatic carbocycles. The first-order chi connectivity index (χ1) is 11.1. The fourth-order valence-corrected chi connectivity index (χ4v) is 3.89. The zero-order chi connectivity index (χ0) is 16.4. The van der Waals surface area contributed by atoms with Crippen LogP contribution in [0.2, 0.25) is 0 Å². The van der Waals surface area contributed by atoms with Gasteiger partial charge in [-0.1, -0.05) is 22.7 Å². The van der Waals surface area contributed by atoms with Crippen molar-refractivity contribution >= 4 is 44.6 Å². The van der Waals surface area contributed by atoms with Gasteiger partial charge in [0, 0.05) is 18.9 Å². The van der Waals surface area contributed by atoms with Crippen LogP contribution in [-0.4, -0.2) is 28.1 Å². The first kappa shape index (κ1) is 15.4. The third kappa shape index (κ3) is 3.33. The molecule has 0 bridgehead atoms. The van der Waals surface area contributed by atoms with Gasteiger partial charge >= 0.3 is 5.97 Å². The molecule has 0 saturated carbocycles. The molecule has 0 amide bonds. The zero-order valence-electron chi connectivity index (χ0n) is 12.5.